The molecule has 0 unspecified atom stereocenters. The van der Waals surface area contributed by atoms with Gasteiger partial charge in [0.1, 0.15) is 5.84 Å². The number of hydrogen-bond acceptors (Lipinski definition) is 3. The molecule has 0 aliphatic rings. The number of amidine groups is 1. The Labute approximate surface area is 187 Å². The summed E-state index contributed by atoms with van der Waals surface area (Å²) in [4.78, 5) is 12.3. The summed E-state index contributed by atoms with van der Waals surface area (Å²) in [6.07, 6.45) is 0.263. The van der Waals surface area contributed by atoms with Crippen molar-refractivity contribution >= 4 is 40.4 Å². The lowest BCUT2D eigenvalue weighted by Gasteiger charge is -2.12. The van der Waals surface area contributed by atoms with Crippen LogP contribution >= 0.6 is 12.2 Å². The van der Waals surface area contributed by atoms with Crippen LogP contribution < -0.4 is 21.7 Å². The van der Waals surface area contributed by atoms with Crippen molar-refractivity contribution in [2.45, 2.75) is 19.9 Å². The summed E-state index contributed by atoms with van der Waals surface area (Å²) < 4.78 is 0. The number of anilines is 2. The van der Waals surface area contributed by atoms with Gasteiger partial charge in [-0.1, -0.05) is 48.5 Å². The molecule has 0 spiro atoms. The smallest absolute Gasteiger partial charge is 0.224 e. The molecule has 0 saturated carbocycles. The Hall–Kier alpha value is -3.71. The molecule has 0 saturated heterocycles. The summed E-state index contributed by atoms with van der Waals surface area (Å²) in [6.45, 7) is 2.44. The van der Waals surface area contributed by atoms with Gasteiger partial charge in [0.2, 0.25) is 5.91 Å². The Kier molecular flexibility index (Phi) is 7.35. The first-order valence-corrected chi connectivity index (χ1v) is 10.2. The highest BCUT2D eigenvalue weighted by Gasteiger charge is 2.06. The van der Waals surface area contributed by atoms with Gasteiger partial charge in [-0.25, -0.2) is 0 Å². The topological polar surface area (TPSA) is 103 Å². The molecule has 31 heavy (non-hydrogen) atoms. The molecule has 0 aliphatic heterocycles. The third kappa shape index (κ3) is 6.94. The Morgan fingerprint density at radius 3 is 2.23 bits per heavy atom. The third-order valence-corrected chi connectivity index (χ3v) is 4.78. The van der Waals surface area contributed by atoms with Gasteiger partial charge in [0.25, 0.3) is 0 Å². The van der Waals surface area contributed by atoms with Gasteiger partial charge in [-0.2, -0.15) is 0 Å². The number of nitrogen functional groups attached to an aromatic ring is 1. The van der Waals surface area contributed by atoms with Crippen molar-refractivity contribution < 1.29 is 4.79 Å². The second-order valence-corrected chi connectivity index (χ2v) is 7.62. The van der Waals surface area contributed by atoms with Gasteiger partial charge < -0.3 is 21.7 Å². The molecule has 0 bridgehead atoms. The van der Waals surface area contributed by atoms with E-state index in [1.54, 1.807) is 12.1 Å². The van der Waals surface area contributed by atoms with Crippen LogP contribution in [0.15, 0.2) is 72.8 Å². The van der Waals surface area contributed by atoms with Crippen LogP contribution in [0.25, 0.3) is 0 Å². The van der Waals surface area contributed by atoms with E-state index in [1.807, 2.05) is 67.6 Å². The Bertz CT molecular complexity index is 1100. The molecular weight excluding hydrogens is 406 g/mol. The SMILES string of the molecule is Cc1cccc(NC(=S)Nc2cccc(CC(=O)NCc3ccc(C(=N)N)cc3)c2)c1. The van der Waals surface area contributed by atoms with Crippen molar-refractivity contribution in [1.29, 1.82) is 5.41 Å². The molecule has 6 N–H and O–H groups in total. The molecular formula is C24H25N5OS. The maximum atomic E-state index is 12.3. The predicted octanol–water partition coefficient (Wildman–Crippen LogP) is 3.95. The van der Waals surface area contributed by atoms with E-state index in [1.165, 1.54) is 0 Å². The first-order chi connectivity index (χ1) is 14.9. The van der Waals surface area contributed by atoms with E-state index < -0.39 is 0 Å². The standard InChI is InChI=1S/C24H25N5OS/c1-16-4-2-6-20(12-16)28-24(31)29-21-7-3-5-18(13-21)14-22(30)27-15-17-8-10-19(11-9-17)23(25)26/h2-13H,14-15H2,1H3,(H3,25,26)(H,27,30)(H2,28,29,31). The predicted molar refractivity (Wildman–Crippen MR) is 130 cm³/mol. The monoisotopic (exact) mass is 431 g/mol. The zero-order valence-corrected chi connectivity index (χ0v) is 18.1. The lowest BCUT2D eigenvalue weighted by atomic mass is 10.1. The number of carbonyl (C=O) groups is 1. The normalized spacial score (nSPS) is 10.2. The molecule has 0 atom stereocenters. The van der Waals surface area contributed by atoms with Crippen molar-refractivity contribution in [2.24, 2.45) is 5.73 Å². The number of carbonyl (C=O) groups excluding carboxylic acids is 1. The van der Waals surface area contributed by atoms with Crippen LogP contribution in [-0.4, -0.2) is 16.9 Å². The van der Waals surface area contributed by atoms with Crippen LogP contribution in [0, 0.1) is 12.3 Å². The number of nitrogens with one attached hydrogen (secondary N) is 4. The number of nitrogens with two attached hydrogens (primary N) is 1. The number of rotatable bonds is 7. The van der Waals surface area contributed by atoms with E-state index in [-0.39, 0.29) is 18.2 Å². The van der Waals surface area contributed by atoms with Crippen molar-refractivity contribution in [3.05, 3.63) is 95.1 Å². The molecule has 3 aromatic rings. The minimum atomic E-state index is -0.0757. The lowest BCUT2D eigenvalue weighted by molar-refractivity contribution is -0.120. The van der Waals surface area contributed by atoms with Crippen LogP contribution in [0.3, 0.4) is 0 Å². The zero-order valence-electron chi connectivity index (χ0n) is 17.2. The fourth-order valence-corrected chi connectivity index (χ4v) is 3.26. The van der Waals surface area contributed by atoms with Crippen LogP contribution in [-0.2, 0) is 17.8 Å². The average molecular weight is 432 g/mol. The molecule has 0 heterocycles. The van der Waals surface area contributed by atoms with Crippen LogP contribution in [0.4, 0.5) is 11.4 Å². The highest BCUT2D eigenvalue weighted by atomic mass is 32.1. The minimum absolute atomic E-state index is 0.0256. The molecule has 0 aromatic heterocycles. The van der Waals surface area contributed by atoms with Gasteiger partial charge >= 0.3 is 0 Å². The van der Waals surface area contributed by atoms with Gasteiger partial charge in [-0.3, -0.25) is 10.2 Å². The average Bonchev–Trinajstić information content (AvgIpc) is 2.72. The highest BCUT2D eigenvalue weighted by molar-refractivity contribution is 7.80. The highest BCUT2D eigenvalue weighted by Crippen LogP contribution is 2.14. The van der Waals surface area contributed by atoms with E-state index in [4.69, 9.17) is 23.4 Å². The Morgan fingerprint density at radius 2 is 1.58 bits per heavy atom. The maximum absolute atomic E-state index is 12.3. The Morgan fingerprint density at radius 1 is 0.935 bits per heavy atom. The molecule has 0 radical (unpaired) electrons. The molecule has 0 aliphatic carbocycles. The van der Waals surface area contributed by atoms with Gasteiger partial charge in [-0.15, -0.1) is 0 Å². The maximum Gasteiger partial charge on any atom is 0.224 e. The molecule has 1 amide bonds. The van der Waals surface area contributed by atoms with Gasteiger partial charge in [0.15, 0.2) is 5.11 Å². The summed E-state index contributed by atoms with van der Waals surface area (Å²) in [5.41, 5.74) is 10.8. The van der Waals surface area contributed by atoms with E-state index in [0.717, 1.165) is 28.1 Å². The molecule has 0 fully saturated rings. The van der Waals surface area contributed by atoms with Crippen LogP contribution in [0.2, 0.25) is 0 Å². The van der Waals surface area contributed by atoms with Gasteiger partial charge in [0, 0.05) is 23.5 Å². The van der Waals surface area contributed by atoms with Crippen LogP contribution in [0.5, 0.6) is 0 Å². The number of hydrogen-bond donors (Lipinski definition) is 5. The molecule has 158 valence electrons. The molecule has 3 aromatic carbocycles. The summed E-state index contributed by atoms with van der Waals surface area (Å²) in [5.74, 6) is -0.0501. The van der Waals surface area contributed by atoms with Crippen molar-refractivity contribution in [3.63, 3.8) is 0 Å². The van der Waals surface area contributed by atoms with Crippen LogP contribution in [0.1, 0.15) is 22.3 Å². The summed E-state index contributed by atoms with van der Waals surface area (Å²) in [5, 5.41) is 17.1. The third-order valence-electron chi connectivity index (χ3n) is 4.58. The first kappa shape index (κ1) is 22.0. The fourth-order valence-electron chi connectivity index (χ4n) is 3.03. The summed E-state index contributed by atoms with van der Waals surface area (Å²) in [7, 11) is 0. The summed E-state index contributed by atoms with van der Waals surface area (Å²) >= 11 is 5.39. The molecule has 7 heteroatoms. The second-order valence-electron chi connectivity index (χ2n) is 7.21. The number of aryl methyl sites for hydroxylation is 1. The largest absolute Gasteiger partial charge is 0.384 e. The lowest BCUT2D eigenvalue weighted by Crippen LogP contribution is -2.24. The first-order valence-electron chi connectivity index (χ1n) is 9.83. The van der Waals surface area contributed by atoms with E-state index in [9.17, 15) is 4.79 Å². The van der Waals surface area contributed by atoms with E-state index in [0.29, 0.717) is 17.2 Å². The van der Waals surface area contributed by atoms with Crippen molar-refractivity contribution in [1.82, 2.24) is 5.32 Å². The van der Waals surface area contributed by atoms with E-state index >= 15 is 0 Å². The Balaban J connectivity index is 1.51. The van der Waals surface area contributed by atoms with Gasteiger partial charge in [-0.05, 0) is 60.1 Å². The zero-order chi connectivity index (χ0) is 22.2. The minimum Gasteiger partial charge on any atom is -0.384 e. The van der Waals surface area contributed by atoms with Crippen molar-refractivity contribution in [2.75, 3.05) is 10.6 Å². The number of benzene rings is 3. The van der Waals surface area contributed by atoms with E-state index in [2.05, 4.69) is 16.0 Å². The molecule has 6 nitrogen and oxygen atoms in total. The number of amides is 1. The molecule has 3 rings (SSSR count). The summed E-state index contributed by atoms with van der Waals surface area (Å²) in [6, 6.07) is 22.8. The van der Waals surface area contributed by atoms with Crippen molar-refractivity contribution in [3.8, 4) is 0 Å². The second kappa shape index (κ2) is 10.4. The number of thiocarbonyl (C=S) groups is 1. The van der Waals surface area contributed by atoms with Gasteiger partial charge in [0.05, 0.1) is 6.42 Å². The quantitative estimate of drug-likeness (QED) is 0.221. The fraction of sp³-hybridized carbons (Fsp3) is 0.125.